The maximum atomic E-state index is 11.1. The Morgan fingerprint density at radius 3 is 2.62 bits per heavy atom. The summed E-state index contributed by atoms with van der Waals surface area (Å²) in [5.74, 6) is -0.246. The van der Waals surface area contributed by atoms with E-state index in [1.165, 1.54) is 0 Å². The fraction of sp³-hybridized carbons (Fsp3) is 0.167. The second-order valence-electron chi connectivity index (χ2n) is 4.64. The summed E-state index contributed by atoms with van der Waals surface area (Å²) in [5, 5.41) is 9.07. The zero-order valence-electron chi connectivity index (χ0n) is 12.0. The third-order valence-corrected chi connectivity index (χ3v) is 3.03. The summed E-state index contributed by atoms with van der Waals surface area (Å²) in [5.41, 5.74) is 2.12. The summed E-state index contributed by atoms with van der Waals surface area (Å²) in [6.07, 6.45) is 4.76. The molecule has 2 rings (SSSR count). The van der Waals surface area contributed by atoms with Crippen LogP contribution in [0.3, 0.4) is 0 Å². The molecular weight excluding hydrogens is 264 g/mol. The van der Waals surface area contributed by atoms with Crippen LogP contribution in [0, 0.1) is 0 Å². The van der Waals surface area contributed by atoms with E-state index in [-0.39, 0.29) is 5.56 Å². The zero-order chi connectivity index (χ0) is 15.1. The number of rotatable bonds is 6. The van der Waals surface area contributed by atoms with E-state index in [4.69, 9.17) is 9.84 Å². The highest BCUT2D eigenvalue weighted by molar-refractivity contribution is 5.88. The molecule has 3 heteroatoms. The van der Waals surface area contributed by atoms with E-state index in [0.29, 0.717) is 12.4 Å². The second kappa shape index (κ2) is 7.29. The molecule has 0 aliphatic heterocycles. The third-order valence-electron chi connectivity index (χ3n) is 3.03. The van der Waals surface area contributed by atoms with Gasteiger partial charge in [-0.3, -0.25) is 0 Å². The van der Waals surface area contributed by atoms with Crippen LogP contribution in [-0.2, 0) is 6.61 Å². The van der Waals surface area contributed by atoms with E-state index in [1.54, 1.807) is 18.2 Å². The van der Waals surface area contributed by atoms with Gasteiger partial charge in [0.15, 0.2) is 0 Å². The van der Waals surface area contributed by atoms with Gasteiger partial charge >= 0.3 is 5.97 Å². The van der Waals surface area contributed by atoms with Gasteiger partial charge in [0.25, 0.3) is 0 Å². The fourth-order valence-electron chi connectivity index (χ4n) is 1.92. The van der Waals surface area contributed by atoms with Crippen LogP contribution in [0.4, 0.5) is 0 Å². The molecule has 2 aromatic carbocycles. The number of carbonyl (C=O) groups is 1. The van der Waals surface area contributed by atoms with Gasteiger partial charge < -0.3 is 9.84 Å². The van der Waals surface area contributed by atoms with Gasteiger partial charge in [0.1, 0.15) is 12.4 Å². The first-order chi connectivity index (χ1) is 10.2. The van der Waals surface area contributed by atoms with Crippen molar-refractivity contribution < 1.29 is 14.6 Å². The van der Waals surface area contributed by atoms with Gasteiger partial charge in [-0.2, -0.15) is 0 Å². The van der Waals surface area contributed by atoms with E-state index < -0.39 is 5.97 Å². The highest BCUT2D eigenvalue weighted by atomic mass is 16.5. The number of allylic oxidation sites excluding steroid dienone is 1. The Kier molecular flexibility index (Phi) is 5.16. The lowest BCUT2D eigenvalue weighted by molar-refractivity contribution is 0.0697. The van der Waals surface area contributed by atoms with Gasteiger partial charge in [-0.1, -0.05) is 49.4 Å². The molecule has 0 fully saturated rings. The third kappa shape index (κ3) is 4.21. The lowest BCUT2D eigenvalue weighted by Crippen LogP contribution is -2.00. The molecule has 0 aliphatic rings. The molecule has 3 nitrogen and oxygen atoms in total. The van der Waals surface area contributed by atoms with Gasteiger partial charge in [-0.25, -0.2) is 4.79 Å². The minimum atomic E-state index is -0.934. The molecule has 108 valence electrons. The fourth-order valence-corrected chi connectivity index (χ4v) is 1.92. The predicted octanol–water partition coefficient (Wildman–Crippen LogP) is 4.39. The van der Waals surface area contributed by atoms with Crippen molar-refractivity contribution in [3.63, 3.8) is 0 Å². The summed E-state index contributed by atoms with van der Waals surface area (Å²) < 4.78 is 5.81. The maximum absolute atomic E-state index is 11.1. The molecule has 2 aromatic rings. The highest BCUT2D eigenvalue weighted by Gasteiger charge is 2.08. The van der Waals surface area contributed by atoms with Crippen molar-refractivity contribution in [1.82, 2.24) is 0 Å². The van der Waals surface area contributed by atoms with Gasteiger partial charge in [-0.05, 0) is 30.2 Å². The lowest BCUT2D eigenvalue weighted by Gasteiger charge is -2.10. The largest absolute Gasteiger partial charge is 0.488 e. The quantitative estimate of drug-likeness (QED) is 0.854. The van der Waals surface area contributed by atoms with Crippen LogP contribution in [0.25, 0.3) is 6.08 Å². The van der Waals surface area contributed by atoms with Crippen molar-refractivity contribution in [3.8, 4) is 5.75 Å². The molecule has 0 unspecified atom stereocenters. The number of carboxylic acid groups (broad SMARTS) is 1. The van der Waals surface area contributed by atoms with Crippen molar-refractivity contribution in [3.05, 3.63) is 71.3 Å². The Balaban J connectivity index is 2.21. The van der Waals surface area contributed by atoms with Crippen LogP contribution in [0.1, 0.15) is 34.8 Å². The van der Waals surface area contributed by atoms with Gasteiger partial charge in [-0.15, -0.1) is 0 Å². The highest BCUT2D eigenvalue weighted by Crippen LogP contribution is 2.23. The molecule has 0 radical (unpaired) electrons. The first-order valence-electron chi connectivity index (χ1n) is 6.91. The molecule has 0 atom stereocenters. The molecule has 0 saturated heterocycles. The summed E-state index contributed by atoms with van der Waals surface area (Å²) in [7, 11) is 0. The molecule has 0 aliphatic carbocycles. The van der Waals surface area contributed by atoms with Gasteiger partial charge in [0.2, 0.25) is 0 Å². The van der Waals surface area contributed by atoms with Crippen LogP contribution >= 0.6 is 0 Å². The minimum absolute atomic E-state index is 0.262. The minimum Gasteiger partial charge on any atom is -0.488 e. The molecule has 0 bridgehead atoms. The lowest BCUT2D eigenvalue weighted by atomic mass is 10.1. The maximum Gasteiger partial charge on any atom is 0.335 e. The number of benzene rings is 2. The first kappa shape index (κ1) is 14.9. The Morgan fingerprint density at radius 1 is 1.19 bits per heavy atom. The van der Waals surface area contributed by atoms with Crippen molar-refractivity contribution in [1.29, 1.82) is 0 Å². The number of hydrogen-bond donors (Lipinski definition) is 1. The molecule has 21 heavy (non-hydrogen) atoms. The normalized spacial score (nSPS) is 10.7. The summed E-state index contributed by atoms with van der Waals surface area (Å²) in [4.78, 5) is 11.1. The van der Waals surface area contributed by atoms with Gasteiger partial charge in [0.05, 0.1) is 5.56 Å². The van der Waals surface area contributed by atoms with Crippen molar-refractivity contribution >= 4 is 12.0 Å². The van der Waals surface area contributed by atoms with Crippen LogP contribution in [0.5, 0.6) is 5.75 Å². The summed E-state index contributed by atoms with van der Waals surface area (Å²) >= 11 is 0. The van der Waals surface area contributed by atoms with Crippen molar-refractivity contribution in [2.24, 2.45) is 0 Å². The number of carboxylic acids is 1. The second-order valence-corrected chi connectivity index (χ2v) is 4.64. The Bertz CT molecular complexity index is 630. The SMILES string of the molecule is CCC=Cc1cc(C(=O)O)ccc1OCc1ccccc1. The van der Waals surface area contributed by atoms with E-state index in [2.05, 4.69) is 0 Å². The number of hydrogen-bond acceptors (Lipinski definition) is 2. The number of ether oxygens (including phenoxy) is 1. The molecule has 0 spiro atoms. The number of aromatic carboxylic acids is 1. The molecule has 0 heterocycles. The Hall–Kier alpha value is -2.55. The van der Waals surface area contributed by atoms with E-state index in [1.807, 2.05) is 49.4 Å². The Labute approximate surface area is 124 Å². The Morgan fingerprint density at radius 2 is 1.95 bits per heavy atom. The first-order valence-corrected chi connectivity index (χ1v) is 6.91. The average Bonchev–Trinajstić information content (AvgIpc) is 2.52. The average molecular weight is 282 g/mol. The zero-order valence-corrected chi connectivity index (χ0v) is 12.0. The van der Waals surface area contributed by atoms with Gasteiger partial charge in [0, 0.05) is 5.56 Å². The molecular formula is C18H18O3. The molecule has 0 amide bonds. The monoisotopic (exact) mass is 282 g/mol. The predicted molar refractivity (Wildman–Crippen MR) is 83.5 cm³/mol. The smallest absolute Gasteiger partial charge is 0.335 e. The van der Waals surface area contributed by atoms with Crippen molar-refractivity contribution in [2.45, 2.75) is 20.0 Å². The van der Waals surface area contributed by atoms with Crippen molar-refractivity contribution in [2.75, 3.05) is 0 Å². The topological polar surface area (TPSA) is 46.5 Å². The molecule has 0 aromatic heterocycles. The standard InChI is InChI=1S/C18H18O3/c1-2-3-9-15-12-16(18(19)20)10-11-17(15)21-13-14-7-5-4-6-8-14/h3-12H,2,13H2,1H3,(H,19,20). The van der Waals surface area contributed by atoms with Crippen LogP contribution in [0.2, 0.25) is 0 Å². The molecule has 0 saturated carbocycles. The summed E-state index contributed by atoms with van der Waals surface area (Å²) in [6, 6.07) is 14.8. The van der Waals surface area contributed by atoms with E-state index in [9.17, 15) is 4.79 Å². The van der Waals surface area contributed by atoms with Crippen LogP contribution in [-0.4, -0.2) is 11.1 Å². The van der Waals surface area contributed by atoms with E-state index in [0.717, 1.165) is 17.5 Å². The van der Waals surface area contributed by atoms with Crippen LogP contribution in [0.15, 0.2) is 54.6 Å². The molecule has 1 N–H and O–H groups in total. The van der Waals surface area contributed by atoms with E-state index >= 15 is 0 Å². The van der Waals surface area contributed by atoms with Crippen LogP contribution < -0.4 is 4.74 Å². The summed E-state index contributed by atoms with van der Waals surface area (Å²) in [6.45, 7) is 2.49.